The van der Waals surface area contributed by atoms with Crippen molar-refractivity contribution in [3.05, 3.63) is 57.9 Å². The fraction of sp³-hybridized carbons (Fsp3) is 0.167. The van der Waals surface area contributed by atoms with Crippen molar-refractivity contribution in [3.8, 4) is 22.5 Å². The van der Waals surface area contributed by atoms with E-state index in [1.54, 1.807) is 0 Å². The highest BCUT2D eigenvalue weighted by Gasteiger charge is 2.26. The Morgan fingerprint density at radius 2 is 1.92 bits per heavy atom. The van der Waals surface area contributed by atoms with E-state index in [4.69, 9.17) is 0 Å². The van der Waals surface area contributed by atoms with Crippen molar-refractivity contribution < 1.29 is 0 Å². The molecule has 0 spiro atoms. The van der Waals surface area contributed by atoms with Gasteiger partial charge < -0.3 is 4.98 Å². The van der Waals surface area contributed by atoms with E-state index >= 15 is 0 Å². The van der Waals surface area contributed by atoms with Gasteiger partial charge in [0.2, 0.25) is 0 Å². The Kier molecular flexibility index (Phi) is 3.53. The summed E-state index contributed by atoms with van der Waals surface area (Å²) in [7, 11) is 0. The van der Waals surface area contributed by atoms with Crippen molar-refractivity contribution in [1.29, 1.82) is 0 Å². The van der Waals surface area contributed by atoms with E-state index in [1.807, 2.05) is 23.0 Å². The van der Waals surface area contributed by atoms with Crippen LogP contribution in [0.3, 0.4) is 0 Å². The molecule has 0 saturated heterocycles. The van der Waals surface area contributed by atoms with Gasteiger partial charge in [0.15, 0.2) is 10.3 Å². The van der Waals surface area contributed by atoms with Crippen LogP contribution in [0, 0.1) is 0 Å². The molecule has 3 aromatic heterocycles. The first kappa shape index (κ1) is 15.3. The Morgan fingerprint density at radius 1 is 1.08 bits per heavy atom. The molecule has 1 aromatic carbocycles. The van der Waals surface area contributed by atoms with Gasteiger partial charge in [0.05, 0.1) is 23.8 Å². The van der Waals surface area contributed by atoms with Gasteiger partial charge in [-0.25, -0.2) is 15.0 Å². The van der Waals surface area contributed by atoms with Crippen LogP contribution in [0.5, 0.6) is 0 Å². The van der Waals surface area contributed by atoms with E-state index < -0.39 is 0 Å². The van der Waals surface area contributed by atoms with Crippen molar-refractivity contribution >= 4 is 37.5 Å². The molecular weight excluding hydrogens is 446 g/mol. The van der Waals surface area contributed by atoms with Gasteiger partial charge >= 0.3 is 0 Å². The molecule has 1 aliphatic carbocycles. The third-order valence-corrected chi connectivity index (χ3v) is 5.36. The fourth-order valence-electron chi connectivity index (χ4n) is 3.03. The van der Waals surface area contributed by atoms with Crippen LogP contribution < -0.4 is 0 Å². The molecule has 3 heterocycles. The number of hydrogen-bond donors (Lipinski definition) is 1. The lowest BCUT2D eigenvalue weighted by molar-refractivity contribution is 0.977. The van der Waals surface area contributed by atoms with E-state index in [0.29, 0.717) is 10.5 Å². The summed E-state index contributed by atoms with van der Waals surface area (Å²) >= 11 is 6.91. The molecular formula is C18H13Br2N5. The molecule has 0 unspecified atom stereocenters. The van der Waals surface area contributed by atoms with Gasteiger partial charge in [0.1, 0.15) is 10.4 Å². The van der Waals surface area contributed by atoms with Gasteiger partial charge in [0.25, 0.3) is 0 Å². The third-order valence-electron chi connectivity index (χ3n) is 4.45. The standard InChI is InChI=1S/C18H13Br2N5/c19-15-9-25-14(8-22-18(25)16(20)24-15)12-3-1-2-11(6-12)13-7-21-17(23-13)10-4-5-10/h1-3,6-10H,4-5H2,(H,21,23). The molecule has 0 bridgehead atoms. The number of aromatic amines is 1. The minimum absolute atomic E-state index is 0.623. The number of halogens is 2. The zero-order valence-corrected chi connectivity index (χ0v) is 16.2. The first-order chi connectivity index (χ1) is 12.2. The highest BCUT2D eigenvalue weighted by Crippen LogP contribution is 2.39. The Morgan fingerprint density at radius 3 is 2.76 bits per heavy atom. The number of fused-ring (bicyclic) bond motifs is 1. The van der Waals surface area contributed by atoms with Crippen LogP contribution in [-0.4, -0.2) is 24.3 Å². The number of benzene rings is 1. The molecule has 5 nitrogen and oxygen atoms in total. The molecule has 1 aliphatic rings. The number of nitrogens with one attached hydrogen (secondary N) is 1. The van der Waals surface area contributed by atoms with Crippen molar-refractivity contribution in [3.63, 3.8) is 0 Å². The van der Waals surface area contributed by atoms with Crippen LogP contribution in [0.2, 0.25) is 0 Å². The van der Waals surface area contributed by atoms with Crippen LogP contribution in [0.1, 0.15) is 24.6 Å². The van der Waals surface area contributed by atoms with Crippen LogP contribution in [0.25, 0.3) is 28.2 Å². The monoisotopic (exact) mass is 457 g/mol. The van der Waals surface area contributed by atoms with Gasteiger partial charge in [-0.3, -0.25) is 4.40 Å². The number of nitrogens with zero attached hydrogens (tertiary/aromatic N) is 4. The summed E-state index contributed by atoms with van der Waals surface area (Å²) in [4.78, 5) is 16.8. The minimum Gasteiger partial charge on any atom is -0.342 e. The summed E-state index contributed by atoms with van der Waals surface area (Å²) in [5.74, 6) is 1.73. The molecule has 0 radical (unpaired) electrons. The molecule has 25 heavy (non-hydrogen) atoms. The maximum atomic E-state index is 4.53. The quantitative estimate of drug-likeness (QED) is 0.459. The van der Waals surface area contributed by atoms with Gasteiger partial charge in [0, 0.05) is 23.2 Å². The number of hydrogen-bond acceptors (Lipinski definition) is 3. The van der Waals surface area contributed by atoms with E-state index in [-0.39, 0.29) is 0 Å². The molecule has 1 fully saturated rings. The SMILES string of the molecule is Brc1cn2c(-c3cccc(-c4cnc(C5CC5)[nH]4)c3)cnc2c(Br)n1. The second-order valence-electron chi connectivity index (χ2n) is 6.23. The molecule has 1 N–H and O–H groups in total. The average Bonchev–Trinajstić information content (AvgIpc) is 3.18. The van der Waals surface area contributed by atoms with Crippen LogP contribution >= 0.6 is 31.9 Å². The highest BCUT2D eigenvalue weighted by molar-refractivity contribution is 9.11. The van der Waals surface area contributed by atoms with Crippen LogP contribution in [0.4, 0.5) is 0 Å². The van der Waals surface area contributed by atoms with E-state index in [1.165, 1.54) is 12.8 Å². The molecule has 7 heteroatoms. The van der Waals surface area contributed by atoms with Crippen molar-refractivity contribution in [2.45, 2.75) is 18.8 Å². The third kappa shape index (κ3) is 2.71. The lowest BCUT2D eigenvalue weighted by atomic mass is 10.1. The minimum atomic E-state index is 0.623. The maximum absolute atomic E-state index is 4.53. The summed E-state index contributed by atoms with van der Waals surface area (Å²) in [6.45, 7) is 0. The fourth-order valence-corrected chi connectivity index (χ4v) is 4.14. The number of rotatable bonds is 3. The Balaban J connectivity index is 1.60. The first-order valence-corrected chi connectivity index (χ1v) is 9.62. The maximum Gasteiger partial charge on any atom is 0.170 e. The second kappa shape index (κ2) is 5.78. The number of H-pyrrole nitrogens is 1. The smallest absolute Gasteiger partial charge is 0.170 e. The predicted molar refractivity (Wildman–Crippen MR) is 103 cm³/mol. The average molecular weight is 459 g/mol. The molecule has 0 aliphatic heterocycles. The topological polar surface area (TPSA) is 58.9 Å². The predicted octanol–water partition coefficient (Wildman–Crippen LogP) is 5.19. The molecule has 5 rings (SSSR count). The molecule has 1 saturated carbocycles. The highest BCUT2D eigenvalue weighted by atomic mass is 79.9. The second-order valence-corrected chi connectivity index (χ2v) is 7.79. The van der Waals surface area contributed by atoms with Gasteiger partial charge in [-0.15, -0.1) is 0 Å². The molecule has 4 aromatic rings. The normalized spacial score (nSPS) is 14.3. The summed E-state index contributed by atoms with van der Waals surface area (Å²) in [5, 5.41) is 0. The summed E-state index contributed by atoms with van der Waals surface area (Å²) in [5.41, 5.74) is 5.09. The number of imidazole rings is 2. The lowest BCUT2D eigenvalue weighted by Crippen LogP contribution is -1.92. The van der Waals surface area contributed by atoms with Crippen LogP contribution in [0.15, 0.2) is 52.1 Å². The largest absolute Gasteiger partial charge is 0.342 e. The van der Waals surface area contributed by atoms with Gasteiger partial charge in [-0.05, 0) is 50.8 Å². The van der Waals surface area contributed by atoms with Crippen LogP contribution in [-0.2, 0) is 0 Å². The Bertz CT molecular complexity index is 1090. The van der Waals surface area contributed by atoms with Crippen molar-refractivity contribution in [2.75, 3.05) is 0 Å². The summed E-state index contributed by atoms with van der Waals surface area (Å²) < 4.78 is 3.50. The molecule has 0 amide bonds. The zero-order valence-electron chi connectivity index (χ0n) is 13.1. The Labute approximate surface area is 160 Å². The lowest BCUT2D eigenvalue weighted by Gasteiger charge is -2.05. The van der Waals surface area contributed by atoms with E-state index in [0.717, 1.165) is 38.6 Å². The van der Waals surface area contributed by atoms with Gasteiger partial charge in [-0.2, -0.15) is 0 Å². The van der Waals surface area contributed by atoms with Crippen molar-refractivity contribution in [1.82, 2.24) is 24.3 Å². The summed E-state index contributed by atoms with van der Waals surface area (Å²) in [6.07, 6.45) is 8.21. The number of aromatic nitrogens is 5. The van der Waals surface area contributed by atoms with Gasteiger partial charge in [-0.1, -0.05) is 18.2 Å². The molecule has 0 atom stereocenters. The zero-order chi connectivity index (χ0) is 17.0. The Hall–Kier alpha value is -1.99. The van der Waals surface area contributed by atoms with E-state index in [9.17, 15) is 0 Å². The first-order valence-electron chi connectivity index (χ1n) is 8.04. The van der Waals surface area contributed by atoms with E-state index in [2.05, 4.69) is 76.1 Å². The molecule has 124 valence electrons. The summed E-state index contributed by atoms with van der Waals surface area (Å²) in [6, 6.07) is 8.42. The van der Waals surface area contributed by atoms with Crippen molar-refractivity contribution in [2.24, 2.45) is 0 Å².